The van der Waals surface area contributed by atoms with Gasteiger partial charge in [-0.3, -0.25) is 0 Å². The number of nitrogens with zero attached hydrogens (tertiary/aromatic N) is 1. The second-order valence-electron chi connectivity index (χ2n) is 3.27. The highest BCUT2D eigenvalue weighted by Crippen LogP contribution is 2.22. The van der Waals surface area contributed by atoms with Gasteiger partial charge in [0.2, 0.25) is 0 Å². The highest BCUT2D eigenvalue weighted by molar-refractivity contribution is 5.55. The van der Waals surface area contributed by atoms with Crippen molar-refractivity contribution in [2.75, 3.05) is 5.73 Å². The van der Waals surface area contributed by atoms with E-state index in [1.54, 1.807) is 6.07 Å². The third kappa shape index (κ3) is 2.00. The fourth-order valence-electron chi connectivity index (χ4n) is 1.23. The van der Waals surface area contributed by atoms with Crippen LogP contribution in [0, 0.1) is 11.3 Å². The molecule has 0 radical (unpaired) electrons. The lowest BCUT2D eigenvalue weighted by Gasteiger charge is -2.09. The molecule has 0 aliphatic rings. The number of rotatable bonds is 2. The quantitative estimate of drug-likeness (QED) is 0.701. The molecule has 0 amide bonds. The average molecular weight is 174 g/mol. The van der Waals surface area contributed by atoms with Crippen LogP contribution in [0.25, 0.3) is 0 Å². The lowest BCUT2D eigenvalue weighted by atomic mass is 9.97. The molecule has 0 aliphatic carbocycles. The van der Waals surface area contributed by atoms with E-state index in [0.29, 0.717) is 17.2 Å². The SMILES string of the molecule is CCC(C)c1ccc(C#N)c(N)c1. The molecule has 0 fully saturated rings. The van der Waals surface area contributed by atoms with Crippen LogP contribution in [0.15, 0.2) is 18.2 Å². The Morgan fingerprint density at radius 3 is 2.69 bits per heavy atom. The highest BCUT2D eigenvalue weighted by atomic mass is 14.6. The lowest BCUT2D eigenvalue weighted by Crippen LogP contribution is -1.96. The maximum atomic E-state index is 8.68. The first kappa shape index (κ1) is 9.60. The first-order valence-electron chi connectivity index (χ1n) is 4.48. The number of anilines is 1. The Balaban J connectivity index is 3.04. The molecule has 0 saturated heterocycles. The second-order valence-corrected chi connectivity index (χ2v) is 3.27. The van der Waals surface area contributed by atoms with E-state index in [1.807, 2.05) is 12.1 Å². The van der Waals surface area contributed by atoms with Crippen molar-refractivity contribution >= 4 is 5.69 Å². The predicted octanol–water partition coefficient (Wildman–Crippen LogP) is 2.65. The molecule has 1 rings (SSSR count). The number of nitriles is 1. The zero-order valence-corrected chi connectivity index (χ0v) is 8.04. The minimum absolute atomic E-state index is 0.509. The second kappa shape index (κ2) is 3.95. The van der Waals surface area contributed by atoms with Crippen LogP contribution in [0.4, 0.5) is 5.69 Å². The van der Waals surface area contributed by atoms with Gasteiger partial charge in [-0.25, -0.2) is 0 Å². The molecule has 1 aromatic carbocycles. The first-order valence-corrected chi connectivity index (χ1v) is 4.48. The van der Waals surface area contributed by atoms with Crippen LogP contribution >= 0.6 is 0 Å². The van der Waals surface area contributed by atoms with E-state index in [2.05, 4.69) is 19.9 Å². The van der Waals surface area contributed by atoms with Gasteiger partial charge in [0.05, 0.1) is 5.56 Å². The third-order valence-electron chi connectivity index (χ3n) is 2.38. The summed E-state index contributed by atoms with van der Waals surface area (Å²) in [4.78, 5) is 0. The van der Waals surface area contributed by atoms with Crippen molar-refractivity contribution in [2.24, 2.45) is 0 Å². The predicted molar refractivity (Wildman–Crippen MR) is 54.3 cm³/mol. The van der Waals surface area contributed by atoms with E-state index in [9.17, 15) is 0 Å². The minimum Gasteiger partial charge on any atom is -0.398 e. The topological polar surface area (TPSA) is 49.8 Å². The molecule has 13 heavy (non-hydrogen) atoms. The summed E-state index contributed by atoms with van der Waals surface area (Å²) >= 11 is 0. The molecule has 68 valence electrons. The van der Waals surface area contributed by atoms with Crippen molar-refractivity contribution in [3.63, 3.8) is 0 Å². The first-order chi connectivity index (χ1) is 6.19. The molecular weight excluding hydrogens is 160 g/mol. The fourth-order valence-corrected chi connectivity index (χ4v) is 1.23. The van der Waals surface area contributed by atoms with Gasteiger partial charge in [0.25, 0.3) is 0 Å². The van der Waals surface area contributed by atoms with E-state index in [0.717, 1.165) is 6.42 Å². The Kier molecular flexibility index (Phi) is 2.92. The smallest absolute Gasteiger partial charge is 0.101 e. The van der Waals surface area contributed by atoms with Gasteiger partial charge < -0.3 is 5.73 Å². The van der Waals surface area contributed by atoms with Crippen molar-refractivity contribution in [1.29, 1.82) is 5.26 Å². The minimum atomic E-state index is 0.509. The van der Waals surface area contributed by atoms with Crippen LogP contribution in [-0.4, -0.2) is 0 Å². The Labute approximate surface area is 79.0 Å². The van der Waals surface area contributed by atoms with Crippen LogP contribution in [0.5, 0.6) is 0 Å². The summed E-state index contributed by atoms with van der Waals surface area (Å²) in [6.45, 7) is 4.29. The molecule has 1 unspecified atom stereocenters. The largest absolute Gasteiger partial charge is 0.398 e. The van der Waals surface area contributed by atoms with Gasteiger partial charge in [0.1, 0.15) is 6.07 Å². The number of hydrogen-bond donors (Lipinski definition) is 1. The average Bonchev–Trinajstić information content (AvgIpc) is 2.16. The van der Waals surface area contributed by atoms with Gasteiger partial charge >= 0.3 is 0 Å². The van der Waals surface area contributed by atoms with Crippen LogP contribution in [-0.2, 0) is 0 Å². The molecular formula is C11H14N2. The molecule has 0 aliphatic heterocycles. The number of hydrogen-bond acceptors (Lipinski definition) is 2. The molecule has 0 bridgehead atoms. The zero-order valence-electron chi connectivity index (χ0n) is 8.04. The summed E-state index contributed by atoms with van der Waals surface area (Å²) in [5.41, 5.74) is 8.05. The summed E-state index contributed by atoms with van der Waals surface area (Å²) in [6.07, 6.45) is 1.09. The number of nitrogen functional groups attached to an aromatic ring is 1. The summed E-state index contributed by atoms with van der Waals surface area (Å²) in [7, 11) is 0. The molecule has 2 heteroatoms. The van der Waals surface area contributed by atoms with Crippen LogP contribution in [0.1, 0.15) is 37.3 Å². The number of benzene rings is 1. The molecule has 2 N–H and O–H groups in total. The maximum Gasteiger partial charge on any atom is 0.101 e. The number of nitrogens with two attached hydrogens (primary N) is 1. The van der Waals surface area contributed by atoms with Crippen LogP contribution < -0.4 is 5.73 Å². The molecule has 2 nitrogen and oxygen atoms in total. The van der Waals surface area contributed by atoms with E-state index >= 15 is 0 Å². The molecule has 1 aromatic rings. The third-order valence-corrected chi connectivity index (χ3v) is 2.38. The molecule has 0 heterocycles. The monoisotopic (exact) mass is 174 g/mol. The summed E-state index contributed by atoms with van der Waals surface area (Å²) in [5.74, 6) is 0.509. The van der Waals surface area contributed by atoms with Gasteiger partial charge in [0, 0.05) is 5.69 Å². The Hall–Kier alpha value is -1.49. The molecule has 1 atom stereocenters. The summed E-state index contributed by atoms with van der Waals surface area (Å²) < 4.78 is 0. The summed E-state index contributed by atoms with van der Waals surface area (Å²) in [6, 6.07) is 7.71. The maximum absolute atomic E-state index is 8.68. The van der Waals surface area contributed by atoms with Gasteiger partial charge in [-0.15, -0.1) is 0 Å². The van der Waals surface area contributed by atoms with E-state index in [4.69, 9.17) is 11.0 Å². The van der Waals surface area contributed by atoms with Crippen molar-refractivity contribution in [2.45, 2.75) is 26.2 Å². The Bertz CT molecular complexity index is 336. The van der Waals surface area contributed by atoms with Crippen molar-refractivity contribution in [1.82, 2.24) is 0 Å². The normalized spacial score (nSPS) is 12.1. The standard InChI is InChI=1S/C11H14N2/c1-3-8(2)9-4-5-10(7-12)11(13)6-9/h4-6,8H,3,13H2,1-2H3. The van der Waals surface area contributed by atoms with Gasteiger partial charge in [-0.2, -0.15) is 5.26 Å². The van der Waals surface area contributed by atoms with Crippen molar-refractivity contribution in [3.8, 4) is 6.07 Å². The Morgan fingerprint density at radius 1 is 1.54 bits per heavy atom. The van der Waals surface area contributed by atoms with E-state index < -0.39 is 0 Å². The van der Waals surface area contributed by atoms with Crippen LogP contribution in [0.3, 0.4) is 0 Å². The van der Waals surface area contributed by atoms with E-state index in [1.165, 1.54) is 5.56 Å². The van der Waals surface area contributed by atoms with Gasteiger partial charge in [-0.05, 0) is 30.0 Å². The fraction of sp³-hybridized carbons (Fsp3) is 0.364. The van der Waals surface area contributed by atoms with Gasteiger partial charge in [-0.1, -0.05) is 19.9 Å². The van der Waals surface area contributed by atoms with Crippen LogP contribution in [0.2, 0.25) is 0 Å². The highest BCUT2D eigenvalue weighted by Gasteiger charge is 2.05. The van der Waals surface area contributed by atoms with Crippen molar-refractivity contribution in [3.05, 3.63) is 29.3 Å². The Morgan fingerprint density at radius 2 is 2.23 bits per heavy atom. The molecule has 0 spiro atoms. The van der Waals surface area contributed by atoms with E-state index in [-0.39, 0.29) is 0 Å². The summed E-state index contributed by atoms with van der Waals surface area (Å²) in [5, 5.41) is 8.68. The lowest BCUT2D eigenvalue weighted by molar-refractivity contribution is 0.734. The zero-order chi connectivity index (χ0) is 9.84. The molecule has 0 saturated carbocycles. The van der Waals surface area contributed by atoms with Crippen molar-refractivity contribution < 1.29 is 0 Å². The van der Waals surface area contributed by atoms with Gasteiger partial charge in [0.15, 0.2) is 0 Å². The molecule has 0 aromatic heterocycles.